The van der Waals surface area contributed by atoms with Crippen LogP contribution >= 0.6 is 11.8 Å². The summed E-state index contributed by atoms with van der Waals surface area (Å²) < 4.78 is 5.10. The lowest BCUT2D eigenvalue weighted by atomic mass is 9.34. The van der Waals surface area contributed by atoms with Gasteiger partial charge in [-0.15, -0.1) is 0 Å². The van der Waals surface area contributed by atoms with Crippen molar-refractivity contribution in [3.8, 4) is 100 Å². The van der Waals surface area contributed by atoms with Crippen molar-refractivity contribution in [3.63, 3.8) is 0 Å². The van der Waals surface area contributed by atoms with E-state index >= 15 is 0 Å². The van der Waals surface area contributed by atoms with E-state index in [1.54, 1.807) is 0 Å². The Kier molecular flexibility index (Phi) is 13.4. The normalized spacial score (nSPS) is 13.2. The molecular weight excluding hydrogens is 1320 g/mol. The molecule has 0 saturated heterocycles. The number of hydrogen-bond acceptors (Lipinski definition) is 2. The van der Waals surface area contributed by atoms with Gasteiger partial charge in [0.25, 0.3) is 0 Å². The molecule has 0 bridgehead atoms. The zero-order chi connectivity index (χ0) is 70.7. The molecule has 0 amide bonds. The highest BCUT2D eigenvalue weighted by molar-refractivity contribution is 8.00. The van der Waals surface area contributed by atoms with E-state index in [1.807, 2.05) is 11.8 Å². The van der Waals surface area contributed by atoms with Crippen molar-refractivity contribution in [2.45, 2.75) is 15.2 Å². The van der Waals surface area contributed by atoms with Crippen LogP contribution in [0.25, 0.3) is 144 Å². The second kappa shape index (κ2) is 23.8. The largest absolute Gasteiger partial charge is 0.310 e. The molecule has 0 unspecified atom stereocenters. The Morgan fingerprint density at radius 1 is 0.250 bits per heavy atom. The molecule has 0 radical (unpaired) electrons. The average Bonchev–Trinajstić information content (AvgIpc) is 1.47. The van der Waals surface area contributed by atoms with Gasteiger partial charge in [0.1, 0.15) is 0 Å². The molecule has 0 N–H and O–H groups in total. The summed E-state index contributed by atoms with van der Waals surface area (Å²) in [5.41, 5.74) is 38.0. The second-order valence-corrected chi connectivity index (χ2v) is 30.3. The van der Waals surface area contributed by atoms with Crippen LogP contribution in [-0.4, -0.2) is 15.8 Å². The molecule has 0 atom stereocenters. The predicted molar refractivity (Wildman–Crippen MR) is 454 cm³/mol. The Morgan fingerprint density at radius 2 is 0.657 bits per heavy atom. The first-order valence-electron chi connectivity index (χ1n) is 37.5. The van der Waals surface area contributed by atoms with Crippen molar-refractivity contribution in [3.05, 3.63) is 411 Å². The number of para-hydroxylation sites is 3. The minimum atomic E-state index is -0.528. The van der Waals surface area contributed by atoms with E-state index in [2.05, 4.69) is 402 Å². The van der Waals surface area contributed by atoms with Crippen molar-refractivity contribution in [2.24, 2.45) is 0 Å². The highest BCUT2D eigenvalue weighted by Gasteiger charge is 2.54. The van der Waals surface area contributed by atoms with Crippen molar-refractivity contribution < 1.29 is 0 Å². The van der Waals surface area contributed by atoms with Gasteiger partial charge in [-0.2, -0.15) is 0 Å². The van der Waals surface area contributed by atoms with Gasteiger partial charge in [0.05, 0.1) is 33.2 Å². The van der Waals surface area contributed by atoms with Crippen LogP contribution in [0, 0.1) is 0 Å². The molecule has 108 heavy (non-hydrogen) atoms. The standard InChI is InChI=1S/C103H64BN3S/c1-5-26-65(27-6-1)69-34-23-36-73(58-69)77-43-25-44-78(74-37-24-35-70(59-74)66-28-7-2-8-29-66)101(77)107-96-62-75(105-92-48-21-16-40-81(92)84-60-71(50-56-94(84)105)67-30-9-3-10-31-67)52-54-90(96)104-91-55-53-89-99(83-42-15-20-47-88(83)103(89)86-45-18-13-38-79(86)80-39-14-19-46-87(80)103)102(91)108-98-64-76(63-97(107)100(98)104)106-93-49-22-17-41-82(93)85-61-72(51-57-95(85)106)68-32-11-4-12-33-68/h1-64H. The van der Waals surface area contributed by atoms with E-state index in [0.717, 1.165) is 83.9 Å². The maximum atomic E-state index is 2.73. The molecule has 2 aliphatic carbocycles. The summed E-state index contributed by atoms with van der Waals surface area (Å²) in [5, 5.41) is 4.85. The van der Waals surface area contributed by atoms with Gasteiger partial charge in [-0.25, -0.2) is 0 Å². The minimum Gasteiger partial charge on any atom is -0.310 e. The van der Waals surface area contributed by atoms with Gasteiger partial charge in [-0.1, -0.05) is 333 Å². The van der Waals surface area contributed by atoms with E-state index in [4.69, 9.17) is 0 Å². The van der Waals surface area contributed by atoms with Gasteiger partial charge >= 0.3 is 0 Å². The van der Waals surface area contributed by atoms with Gasteiger partial charge in [0.15, 0.2) is 0 Å². The Bertz CT molecular complexity index is 6830. The van der Waals surface area contributed by atoms with Gasteiger partial charge in [0.2, 0.25) is 6.71 Å². The number of rotatable bonds is 9. The summed E-state index contributed by atoms with van der Waals surface area (Å²) >= 11 is 1.98. The highest BCUT2D eigenvalue weighted by atomic mass is 32.2. The smallest absolute Gasteiger partial charge is 0.249 e. The third kappa shape index (κ3) is 8.88. The topological polar surface area (TPSA) is 13.1 Å². The predicted octanol–water partition coefficient (Wildman–Crippen LogP) is 25.0. The summed E-state index contributed by atoms with van der Waals surface area (Å²) in [7, 11) is 0. The molecule has 4 aliphatic rings. The van der Waals surface area contributed by atoms with E-state index in [9.17, 15) is 0 Å². The third-order valence-electron chi connectivity index (χ3n) is 23.8. The van der Waals surface area contributed by atoms with Crippen LogP contribution in [0.5, 0.6) is 0 Å². The number of hydrogen-bond donors (Lipinski definition) is 0. The molecule has 0 saturated carbocycles. The molecule has 1 spiro atoms. The number of benzene rings is 17. The monoisotopic (exact) mass is 1390 g/mol. The fourth-order valence-electron chi connectivity index (χ4n) is 19.2. The molecule has 19 aromatic rings. The zero-order valence-electron chi connectivity index (χ0n) is 58.8. The average molecular weight is 1390 g/mol. The van der Waals surface area contributed by atoms with Crippen LogP contribution in [0.15, 0.2) is 398 Å². The zero-order valence-corrected chi connectivity index (χ0v) is 59.6. The molecule has 17 aromatic carbocycles. The summed E-state index contributed by atoms with van der Waals surface area (Å²) in [4.78, 5) is 5.27. The van der Waals surface area contributed by atoms with Gasteiger partial charge in [-0.05, 0) is 178 Å². The number of anilines is 3. The summed E-state index contributed by atoms with van der Waals surface area (Å²) in [6.45, 7) is -0.200. The van der Waals surface area contributed by atoms with E-state index in [0.29, 0.717) is 0 Å². The van der Waals surface area contributed by atoms with Crippen LogP contribution in [0.1, 0.15) is 22.3 Å². The molecule has 2 aliphatic heterocycles. The van der Waals surface area contributed by atoms with Crippen molar-refractivity contribution in [2.75, 3.05) is 4.90 Å². The lowest BCUT2D eigenvalue weighted by Crippen LogP contribution is -2.60. The molecule has 2 aromatic heterocycles. The van der Waals surface area contributed by atoms with Crippen LogP contribution in [-0.2, 0) is 5.41 Å². The van der Waals surface area contributed by atoms with Crippen LogP contribution in [0.3, 0.4) is 0 Å². The SMILES string of the molecule is c1ccc(-c2cccc(-c3cccc(-c4cccc(-c5ccccc5)c4)c3N3c4cc(-n5c6ccccc6c6cc(-c7ccccc7)ccc65)ccc4B4c5ccc6c(c5Sc5cc(-n7c8ccccc8c8cc(-c9ccccc9)ccc87)cc3c54)-c3ccccc3C63c4ccccc4-c4ccccc43)c2)cc1. The molecule has 500 valence electrons. The fraction of sp³-hybridized carbons (Fsp3) is 0.00971. The Morgan fingerprint density at radius 3 is 1.20 bits per heavy atom. The van der Waals surface area contributed by atoms with Crippen LogP contribution in [0.2, 0.25) is 0 Å². The Hall–Kier alpha value is -13.4. The van der Waals surface area contributed by atoms with Gasteiger partial charge in [0, 0.05) is 70.8 Å². The number of nitrogens with zero attached hydrogens (tertiary/aromatic N) is 3. The van der Waals surface area contributed by atoms with Gasteiger partial charge < -0.3 is 14.0 Å². The van der Waals surface area contributed by atoms with E-state index in [1.165, 1.54) is 126 Å². The summed E-state index contributed by atoms with van der Waals surface area (Å²) in [6.07, 6.45) is 0. The lowest BCUT2D eigenvalue weighted by molar-refractivity contribution is 0.793. The highest BCUT2D eigenvalue weighted by Crippen LogP contribution is 2.65. The third-order valence-corrected chi connectivity index (χ3v) is 25.0. The Balaban J connectivity index is 0.857. The molecule has 4 heterocycles. The van der Waals surface area contributed by atoms with Crippen molar-refractivity contribution in [1.82, 2.24) is 9.13 Å². The molecule has 5 heteroatoms. The second-order valence-electron chi connectivity index (χ2n) is 29.3. The first kappa shape index (κ1) is 60.9. The molecule has 3 nitrogen and oxygen atoms in total. The summed E-state index contributed by atoms with van der Waals surface area (Å²) in [5.74, 6) is 0. The molecule has 23 rings (SSSR count). The van der Waals surface area contributed by atoms with Crippen molar-refractivity contribution >= 4 is 95.5 Å². The first-order valence-corrected chi connectivity index (χ1v) is 38.3. The van der Waals surface area contributed by atoms with Crippen LogP contribution in [0.4, 0.5) is 17.1 Å². The number of aromatic nitrogens is 2. The maximum Gasteiger partial charge on any atom is 0.249 e. The minimum absolute atomic E-state index is 0.200. The summed E-state index contributed by atoms with van der Waals surface area (Å²) in [6, 6.07) is 147. The first-order chi connectivity index (χ1) is 53.6. The fourth-order valence-corrected chi connectivity index (χ4v) is 20.6. The molecular formula is C103H64BN3S. The van der Waals surface area contributed by atoms with E-state index < -0.39 is 5.41 Å². The van der Waals surface area contributed by atoms with E-state index in [-0.39, 0.29) is 6.71 Å². The lowest BCUT2D eigenvalue weighted by Gasteiger charge is -2.42. The molecule has 0 fully saturated rings. The van der Waals surface area contributed by atoms with Gasteiger partial charge in [-0.3, -0.25) is 0 Å². The Labute approximate surface area is 631 Å². The number of fused-ring (bicyclic) bond motifs is 21. The van der Waals surface area contributed by atoms with Crippen LogP contribution < -0.4 is 21.3 Å². The quantitative estimate of drug-likeness (QED) is 0.134. The maximum absolute atomic E-state index is 2.73. The van der Waals surface area contributed by atoms with Crippen molar-refractivity contribution in [1.29, 1.82) is 0 Å².